The fourth-order valence-electron chi connectivity index (χ4n) is 6.51. The van der Waals surface area contributed by atoms with Gasteiger partial charge in [-0.3, -0.25) is 4.57 Å². The number of para-hydroxylation sites is 2. The first-order valence-electron chi connectivity index (χ1n) is 22.6. The Morgan fingerprint density at radius 2 is 1.40 bits per heavy atom. The van der Waals surface area contributed by atoms with Crippen molar-refractivity contribution >= 4 is 43.7 Å². The SMILES string of the molecule is [2H]c1c([2H])c([2H])c2c(c1[2H])-c1c([2H])c([2H])c3c(c1C2(C([2H])([2H])[2H])C([2H])([2H])[2H])c1c([2H])c([2H])c([2H])c([2H])c1n3-c1nc(-c2ccccc2)nc(-c2ccc3oc4ccccc4c3c2)n1. The molecule has 0 unspecified atom stereocenters. The number of hydrogen-bond donors (Lipinski definition) is 0. The smallest absolute Gasteiger partial charge is 0.238 e. The van der Waals surface area contributed by atoms with Gasteiger partial charge in [0.1, 0.15) is 11.2 Å². The summed E-state index contributed by atoms with van der Waals surface area (Å²) in [6.45, 7) is -7.34. The predicted octanol–water partition coefficient (Wildman–Crippen LogP) is 10.5. The Hall–Kier alpha value is -6.07. The van der Waals surface area contributed by atoms with Crippen LogP contribution in [0.3, 0.4) is 0 Å². The minimum atomic E-state index is -3.67. The fourth-order valence-corrected chi connectivity index (χ4v) is 6.51. The molecular formula is C42H28N4O. The lowest BCUT2D eigenvalue weighted by molar-refractivity contribution is 0.666. The summed E-state index contributed by atoms with van der Waals surface area (Å²) in [4.78, 5) is 14.4. The van der Waals surface area contributed by atoms with E-state index in [-0.39, 0.29) is 17.6 Å². The monoisotopic (exact) mass is 620 g/mol. The molecule has 0 saturated heterocycles. The summed E-state index contributed by atoms with van der Waals surface area (Å²) < 4.78 is 152. The first-order chi connectivity index (χ1) is 29.7. The number of benzene rings is 6. The second kappa shape index (κ2) is 9.47. The summed E-state index contributed by atoms with van der Waals surface area (Å²) >= 11 is 0. The van der Waals surface area contributed by atoms with Crippen molar-refractivity contribution in [2.75, 3.05) is 0 Å². The molecule has 1 aliphatic carbocycles. The summed E-state index contributed by atoms with van der Waals surface area (Å²) in [7, 11) is 0. The van der Waals surface area contributed by atoms with Crippen molar-refractivity contribution in [2.45, 2.75) is 19.1 Å². The zero-order valence-electron chi connectivity index (χ0n) is 40.1. The molecule has 10 rings (SSSR count). The molecule has 9 aromatic rings. The van der Waals surface area contributed by atoms with E-state index in [1.165, 1.54) is 0 Å². The van der Waals surface area contributed by atoms with Gasteiger partial charge in [0.05, 0.1) is 24.7 Å². The van der Waals surface area contributed by atoms with Gasteiger partial charge in [0, 0.05) is 46.3 Å². The summed E-state index contributed by atoms with van der Waals surface area (Å²) in [5.41, 5.74) is -4.83. The van der Waals surface area contributed by atoms with E-state index in [4.69, 9.17) is 35.8 Å². The molecule has 0 aliphatic heterocycles. The Morgan fingerprint density at radius 3 is 2.30 bits per heavy atom. The largest absolute Gasteiger partial charge is 0.456 e. The molecular weight excluding hydrogens is 576 g/mol. The highest BCUT2D eigenvalue weighted by Crippen LogP contribution is 2.53. The van der Waals surface area contributed by atoms with Gasteiger partial charge in [0.2, 0.25) is 5.95 Å². The average molecular weight is 621 g/mol. The number of rotatable bonds is 3. The van der Waals surface area contributed by atoms with Gasteiger partial charge in [0.25, 0.3) is 0 Å². The molecule has 0 radical (unpaired) electrons. The van der Waals surface area contributed by atoms with Crippen LogP contribution in [0, 0.1) is 0 Å². The van der Waals surface area contributed by atoms with Crippen LogP contribution in [-0.2, 0) is 5.41 Å². The molecule has 0 saturated carbocycles. The third-order valence-electron chi connectivity index (χ3n) is 8.59. The molecule has 0 bridgehead atoms. The van der Waals surface area contributed by atoms with Crippen LogP contribution in [-0.4, -0.2) is 19.5 Å². The van der Waals surface area contributed by atoms with Gasteiger partial charge in [-0.05, 0) is 58.6 Å². The van der Waals surface area contributed by atoms with Gasteiger partial charge in [0.15, 0.2) is 11.6 Å². The zero-order chi connectivity index (χ0) is 45.0. The van der Waals surface area contributed by atoms with E-state index in [2.05, 4.69) is 0 Å². The quantitative estimate of drug-likeness (QED) is 0.197. The van der Waals surface area contributed by atoms with Crippen molar-refractivity contribution in [1.82, 2.24) is 19.5 Å². The van der Waals surface area contributed by atoms with Gasteiger partial charge < -0.3 is 4.42 Å². The second-order valence-corrected chi connectivity index (χ2v) is 11.2. The van der Waals surface area contributed by atoms with Gasteiger partial charge in [-0.15, -0.1) is 0 Å². The highest BCUT2D eigenvalue weighted by Gasteiger charge is 2.38. The fraction of sp³-hybridized carbons (Fsp3) is 0.0714. The first kappa shape index (κ1) is 15.0. The number of aromatic nitrogens is 4. The molecule has 47 heavy (non-hydrogen) atoms. The van der Waals surface area contributed by atoms with Gasteiger partial charge in [-0.25, -0.2) is 4.98 Å². The van der Waals surface area contributed by atoms with Crippen LogP contribution in [0.2, 0.25) is 0 Å². The number of hydrogen-bond acceptors (Lipinski definition) is 4. The molecule has 222 valence electrons. The van der Waals surface area contributed by atoms with Crippen LogP contribution < -0.4 is 0 Å². The minimum Gasteiger partial charge on any atom is -0.456 e. The van der Waals surface area contributed by atoms with E-state index in [1.54, 1.807) is 48.5 Å². The summed E-state index contributed by atoms with van der Waals surface area (Å²) in [6, 6.07) is 13.1. The third-order valence-corrected chi connectivity index (χ3v) is 8.59. The highest BCUT2D eigenvalue weighted by atomic mass is 16.3. The number of nitrogens with zero attached hydrogens (tertiary/aromatic N) is 4. The highest BCUT2D eigenvalue weighted by molar-refractivity contribution is 6.14. The topological polar surface area (TPSA) is 56.7 Å². The molecule has 5 heteroatoms. The van der Waals surface area contributed by atoms with E-state index in [1.807, 2.05) is 24.3 Å². The van der Waals surface area contributed by atoms with E-state index >= 15 is 0 Å². The molecule has 0 N–H and O–H groups in total. The standard InChI is InChI=1S/C42H28N4O/c1-42(2)32-17-9-6-14-27(32)29-21-22-34-37(38(29)42)30-16-7-10-18-33(30)46(34)41-44-39(25-12-4-3-5-13-25)43-40(45-41)26-20-23-36-31(24-26)28-15-8-11-19-35(28)47-36/h3-24H,1-2H3/i1D3,2D3,6D,7D,9D,10D,14D,16D,17D,18D,21D,22D. The number of fused-ring (bicyclic) bond motifs is 10. The lowest BCUT2D eigenvalue weighted by Gasteiger charge is -2.22. The lowest BCUT2D eigenvalue weighted by atomic mass is 9.80. The molecule has 1 aliphatic rings. The van der Waals surface area contributed by atoms with Crippen molar-refractivity contribution in [3.63, 3.8) is 0 Å². The summed E-state index contributed by atoms with van der Waals surface area (Å²) in [5.74, 6) is -0.226. The minimum absolute atomic E-state index is 0.0519. The van der Waals surface area contributed by atoms with Gasteiger partial charge >= 0.3 is 0 Å². The second-order valence-electron chi connectivity index (χ2n) is 11.2. The molecule has 0 spiro atoms. The van der Waals surface area contributed by atoms with Crippen LogP contribution in [0.15, 0.2) is 138 Å². The van der Waals surface area contributed by atoms with E-state index in [0.717, 1.165) is 15.3 Å². The molecule has 0 atom stereocenters. The Morgan fingerprint density at radius 1 is 0.638 bits per heavy atom. The van der Waals surface area contributed by atoms with Crippen LogP contribution in [0.25, 0.3) is 83.6 Å². The normalized spacial score (nSPS) is 18.9. The Bertz CT molecular complexity index is 3490. The summed E-state index contributed by atoms with van der Waals surface area (Å²) in [5, 5.41) is 0.578. The van der Waals surface area contributed by atoms with Crippen molar-refractivity contribution in [3.8, 4) is 39.9 Å². The Balaban J connectivity index is 1.44. The van der Waals surface area contributed by atoms with Crippen LogP contribution in [0.1, 0.15) is 46.8 Å². The predicted molar refractivity (Wildman–Crippen MR) is 190 cm³/mol. The molecule has 5 nitrogen and oxygen atoms in total. The maximum Gasteiger partial charge on any atom is 0.238 e. The maximum atomic E-state index is 9.64. The molecule has 3 aromatic heterocycles. The van der Waals surface area contributed by atoms with E-state index < -0.39 is 124 Å². The maximum absolute atomic E-state index is 9.64. The van der Waals surface area contributed by atoms with Crippen molar-refractivity contribution < 1.29 is 26.3 Å². The molecule has 0 fully saturated rings. The van der Waals surface area contributed by atoms with Crippen LogP contribution in [0.5, 0.6) is 0 Å². The zero-order valence-corrected chi connectivity index (χ0v) is 24.1. The lowest BCUT2D eigenvalue weighted by Crippen LogP contribution is -2.15. The Kier molecular flexibility index (Phi) is 3.03. The third kappa shape index (κ3) is 3.68. The van der Waals surface area contributed by atoms with E-state index in [9.17, 15) is 5.48 Å². The van der Waals surface area contributed by atoms with Gasteiger partial charge in [-0.2, -0.15) is 9.97 Å². The number of furan rings is 1. The first-order valence-corrected chi connectivity index (χ1v) is 14.6. The van der Waals surface area contributed by atoms with Crippen LogP contribution in [0.4, 0.5) is 0 Å². The van der Waals surface area contributed by atoms with Gasteiger partial charge in [-0.1, -0.05) is 111 Å². The van der Waals surface area contributed by atoms with E-state index in [0.29, 0.717) is 22.3 Å². The molecule has 0 amide bonds. The summed E-state index contributed by atoms with van der Waals surface area (Å²) in [6.07, 6.45) is 0. The van der Waals surface area contributed by atoms with Crippen molar-refractivity contribution in [3.05, 3.63) is 144 Å². The molecule has 6 aromatic carbocycles. The van der Waals surface area contributed by atoms with Crippen molar-refractivity contribution in [2.24, 2.45) is 0 Å². The Labute approximate surface area is 293 Å². The van der Waals surface area contributed by atoms with Crippen molar-refractivity contribution in [1.29, 1.82) is 0 Å². The average Bonchev–Trinajstić information content (AvgIpc) is 3.92. The van der Waals surface area contributed by atoms with Crippen LogP contribution >= 0.6 is 0 Å². The molecule has 3 heterocycles.